The van der Waals surface area contributed by atoms with Gasteiger partial charge in [-0.05, 0) is 50.9 Å². The lowest BCUT2D eigenvalue weighted by atomic mass is 9.72. The van der Waals surface area contributed by atoms with E-state index in [0.717, 1.165) is 0 Å². The number of ether oxygens (including phenoxy) is 6. The fourth-order valence-electron chi connectivity index (χ4n) is 9.09. The number of aliphatic hydroxyl groups excluding tert-OH is 12. The molecule has 0 spiro atoms. The van der Waals surface area contributed by atoms with Crippen LogP contribution < -0.4 is 0 Å². The van der Waals surface area contributed by atoms with Gasteiger partial charge in [-0.3, -0.25) is 0 Å². The molecule has 0 bridgehead atoms. The number of carbonyl (C=O) groups excluding carboxylic acids is 1. The predicted molar refractivity (Wildman–Crippen MR) is 182 cm³/mol. The van der Waals surface area contributed by atoms with Crippen molar-refractivity contribution in [1.29, 1.82) is 0 Å². The SMILES string of the molecule is O=C(C=CC1CCC(O)C(O)C1)OCC1OC(OC2CC(O)CC3[OH+]C(C4CCC(O)C(O)C4)C(OC4OC(CO)C(O)C(O)C4O)CC23)C(O)C(O)C1O. The van der Waals surface area contributed by atoms with Gasteiger partial charge in [-0.15, -0.1) is 0 Å². The lowest BCUT2D eigenvalue weighted by Crippen LogP contribution is -2.64. The van der Waals surface area contributed by atoms with Gasteiger partial charge in [0.1, 0.15) is 61.5 Å². The quantitative estimate of drug-likeness (QED) is 0.0559. The molecule has 13 N–H and O–H groups in total. The average molecular weight is 796 g/mol. The molecule has 6 aliphatic rings. The van der Waals surface area contributed by atoms with E-state index >= 15 is 0 Å². The Morgan fingerprint density at radius 3 is 1.87 bits per heavy atom. The molecule has 3 aliphatic carbocycles. The first kappa shape index (κ1) is 43.1. The Kier molecular flexibility index (Phi) is 14.6. The Morgan fingerprint density at radius 1 is 0.636 bits per heavy atom. The van der Waals surface area contributed by atoms with Crippen LogP contribution in [0.25, 0.3) is 0 Å². The van der Waals surface area contributed by atoms with Crippen molar-refractivity contribution < 1.29 is 94.5 Å². The van der Waals surface area contributed by atoms with Crippen LogP contribution in [-0.2, 0) is 28.5 Å². The molecule has 6 rings (SSSR count). The highest BCUT2D eigenvalue weighted by atomic mass is 16.7. The summed E-state index contributed by atoms with van der Waals surface area (Å²) in [5.41, 5.74) is 0. The maximum atomic E-state index is 12.5. The molecule has 55 heavy (non-hydrogen) atoms. The van der Waals surface area contributed by atoms with Gasteiger partial charge in [-0.2, -0.15) is 0 Å². The highest BCUT2D eigenvalue weighted by Crippen LogP contribution is 2.44. The Labute approximate surface area is 317 Å². The first-order chi connectivity index (χ1) is 26.1. The van der Waals surface area contributed by atoms with Crippen molar-refractivity contribution in [3.8, 4) is 0 Å². The third-order valence-electron chi connectivity index (χ3n) is 12.4. The van der Waals surface area contributed by atoms with Gasteiger partial charge in [-0.25, -0.2) is 4.79 Å². The maximum absolute atomic E-state index is 12.5. The molecular formula is C36H59O19+. The summed E-state index contributed by atoms with van der Waals surface area (Å²) in [5.74, 6) is -1.75. The molecule has 316 valence electrons. The Balaban J connectivity index is 1.14. The first-order valence-electron chi connectivity index (χ1n) is 19.4. The number of rotatable bonds is 10. The molecule has 3 aliphatic heterocycles. The maximum Gasteiger partial charge on any atom is 0.330 e. The summed E-state index contributed by atoms with van der Waals surface area (Å²) in [6.07, 6.45) is -18.0. The Bertz CT molecular complexity index is 1270. The van der Waals surface area contributed by atoms with Crippen LogP contribution >= 0.6 is 0 Å². The van der Waals surface area contributed by atoms with Gasteiger partial charge in [0.15, 0.2) is 24.8 Å². The fourth-order valence-corrected chi connectivity index (χ4v) is 9.09. The van der Waals surface area contributed by atoms with Crippen molar-refractivity contribution in [1.82, 2.24) is 0 Å². The van der Waals surface area contributed by atoms with Crippen molar-refractivity contribution in [2.75, 3.05) is 13.2 Å². The lowest BCUT2D eigenvalue weighted by molar-refractivity contribution is -0.367. The smallest absolute Gasteiger partial charge is 0.330 e. The molecule has 3 heterocycles. The standard InChI is InChI=1S/C36H58O19/c37-12-25-28(44)30(46)32(48)36(54-25)53-24-11-17-22(51-34(24)15-3-5-19(40)21(42)8-15)9-16(38)10-23(17)52-35-33(49)31(47)29(45)26(55-35)13-50-27(43)6-2-14-1-4-18(39)20(41)7-14/h2,6,14-26,28-42,44-49H,1,3-5,7-13H2/p+1. The van der Waals surface area contributed by atoms with Crippen molar-refractivity contribution in [3.63, 3.8) is 0 Å². The zero-order valence-electron chi connectivity index (χ0n) is 30.4. The summed E-state index contributed by atoms with van der Waals surface area (Å²) in [5, 5.41) is 125. The van der Waals surface area contributed by atoms with Crippen LogP contribution in [0.15, 0.2) is 12.2 Å². The van der Waals surface area contributed by atoms with Gasteiger partial charge in [0.05, 0.1) is 49.1 Å². The highest BCUT2D eigenvalue weighted by Gasteiger charge is 2.56. The molecule has 0 aromatic carbocycles. The predicted octanol–water partition coefficient (Wildman–Crippen LogP) is -5.05. The minimum absolute atomic E-state index is 0.0466. The molecule has 19 heteroatoms. The van der Waals surface area contributed by atoms with Crippen molar-refractivity contribution in [2.45, 2.75) is 174 Å². The van der Waals surface area contributed by atoms with Crippen molar-refractivity contribution >= 4 is 5.97 Å². The molecule has 6 fully saturated rings. The number of fused-ring (bicyclic) bond motifs is 1. The zero-order chi connectivity index (χ0) is 39.7. The van der Waals surface area contributed by atoms with Crippen LogP contribution in [-0.4, -0.2) is 202 Å². The molecule has 0 radical (unpaired) electrons. The van der Waals surface area contributed by atoms with Crippen LogP contribution in [0.4, 0.5) is 0 Å². The van der Waals surface area contributed by atoms with E-state index in [1.54, 1.807) is 6.08 Å². The number of aliphatic hydroxyl groups is 14. The summed E-state index contributed by atoms with van der Waals surface area (Å²) in [7, 11) is 0. The molecule has 0 amide bonds. The summed E-state index contributed by atoms with van der Waals surface area (Å²) in [6, 6.07) is 0. The Morgan fingerprint density at radius 2 is 1.24 bits per heavy atom. The normalized spacial score (nSPS) is 51.1. The number of hydrogen-bond acceptors (Lipinski definition) is 18. The zero-order valence-corrected chi connectivity index (χ0v) is 30.4. The molecule has 19 nitrogen and oxygen atoms in total. The summed E-state index contributed by atoms with van der Waals surface area (Å²) in [4.78, 5) is 12.5. The van der Waals surface area contributed by atoms with Gasteiger partial charge in [0, 0.05) is 24.8 Å². The summed E-state index contributed by atoms with van der Waals surface area (Å²) in [6.45, 7) is -1.19. The fraction of sp³-hybridized carbons (Fsp3) is 0.917. The molecule has 22 atom stereocenters. The second-order valence-electron chi connectivity index (χ2n) is 16.2. The first-order valence-corrected chi connectivity index (χ1v) is 19.4. The van der Waals surface area contributed by atoms with E-state index < -0.39 is 141 Å². The molecule has 3 saturated heterocycles. The van der Waals surface area contributed by atoms with Gasteiger partial charge < -0.3 is 89.7 Å². The number of allylic oxidation sites excluding steroid dienone is 1. The van der Waals surface area contributed by atoms with E-state index in [2.05, 4.69) is 0 Å². The topological polar surface area (TPSA) is 319 Å². The van der Waals surface area contributed by atoms with Gasteiger partial charge in [0.25, 0.3) is 0 Å². The summed E-state index contributed by atoms with van der Waals surface area (Å²) < 4.78 is 34.4. The van der Waals surface area contributed by atoms with E-state index in [1.807, 2.05) is 0 Å². The second kappa shape index (κ2) is 18.6. The molecule has 22 unspecified atom stereocenters. The summed E-state index contributed by atoms with van der Waals surface area (Å²) >= 11 is 0. The third-order valence-corrected chi connectivity index (χ3v) is 12.4. The van der Waals surface area contributed by atoms with Crippen molar-refractivity contribution in [2.24, 2.45) is 17.8 Å². The Hall–Kier alpha value is -1.47. The minimum atomic E-state index is -1.77. The van der Waals surface area contributed by atoms with Crippen LogP contribution in [0.5, 0.6) is 0 Å². The van der Waals surface area contributed by atoms with Gasteiger partial charge >= 0.3 is 5.97 Å². The van der Waals surface area contributed by atoms with E-state index in [0.29, 0.717) is 25.7 Å². The molecular weight excluding hydrogens is 736 g/mol. The van der Waals surface area contributed by atoms with Crippen LogP contribution in [0.3, 0.4) is 0 Å². The van der Waals surface area contributed by atoms with E-state index in [4.69, 9.17) is 28.4 Å². The number of esters is 1. The monoisotopic (exact) mass is 795 g/mol. The average Bonchev–Trinajstić information content (AvgIpc) is 3.16. The van der Waals surface area contributed by atoms with Gasteiger partial charge in [-0.1, -0.05) is 6.08 Å². The number of hydrogen-bond donors (Lipinski definition) is 12. The van der Waals surface area contributed by atoms with E-state index in [-0.39, 0.29) is 43.9 Å². The van der Waals surface area contributed by atoms with Gasteiger partial charge in [0.2, 0.25) is 0 Å². The highest BCUT2D eigenvalue weighted by molar-refractivity contribution is 5.81. The van der Waals surface area contributed by atoms with Crippen LogP contribution in [0.1, 0.15) is 57.8 Å². The minimum Gasteiger partial charge on any atom is -0.460 e. The van der Waals surface area contributed by atoms with Crippen LogP contribution in [0.2, 0.25) is 0 Å². The van der Waals surface area contributed by atoms with E-state index in [9.17, 15) is 66.1 Å². The third kappa shape index (κ3) is 9.88. The molecule has 3 saturated carbocycles. The lowest BCUT2D eigenvalue weighted by Gasteiger charge is -2.50. The van der Waals surface area contributed by atoms with Crippen molar-refractivity contribution in [3.05, 3.63) is 12.2 Å². The van der Waals surface area contributed by atoms with Crippen LogP contribution in [0, 0.1) is 17.8 Å². The second-order valence-corrected chi connectivity index (χ2v) is 16.2. The number of carbonyl (C=O) groups is 1. The van der Waals surface area contributed by atoms with E-state index in [1.165, 1.54) is 6.08 Å². The largest absolute Gasteiger partial charge is 0.460 e. The molecule has 0 aromatic heterocycles. The molecule has 0 aromatic rings.